The normalized spacial score (nSPS) is 19.9. The molecule has 1 fully saturated rings. The molecule has 2 N–H and O–H groups in total. The van der Waals surface area contributed by atoms with Crippen molar-refractivity contribution in [3.8, 4) is 0 Å². The molecule has 0 aliphatic carbocycles. The van der Waals surface area contributed by atoms with Crippen LogP contribution in [0.5, 0.6) is 0 Å². The number of aromatic nitrogens is 1. The molecule has 1 amide bonds. The summed E-state index contributed by atoms with van der Waals surface area (Å²) in [6, 6.07) is 2.49. The number of nitrogens with zero attached hydrogens (tertiary/aromatic N) is 1. The highest BCUT2D eigenvalue weighted by Gasteiger charge is 2.24. The number of aromatic carboxylic acids is 1. The first-order valence-corrected chi connectivity index (χ1v) is 6.20. The van der Waals surface area contributed by atoms with Crippen LogP contribution in [0.4, 0.5) is 0 Å². The van der Waals surface area contributed by atoms with Crippen LogP contribution in [0.2, 0.25) is 0 Å². The predicted octanol–water partition coefficient (Wildman–Crippen LogP) is 1.08. The number of pyridine rings is 1. The van der Waals surface area contributed by atoms with Crippen LogP contribution in [0, 0.1) is 0 Å². The highest BCUT2D eigenvalue weighted by molar-refractivity contribution is 5.95. The fraction of sp³-hybridized carbons (Fsp3) is 0.462. The van der Waals surface area contributed by atoms with E-state index < -0.39 is 5.97 Å². The Morgan fingerprint density at radius 2 is 2.37 bits per heavy atom. The number of carboxylic acid groups (broad SMARTS) is 1. The number of carbonyl (C=O) groups excluding carboxylic acids is 1. The highest BCUT2D eigenvalue weighted by atomic mass is 16.5. The van der Waals surface area contributed by atoms with E-state index in [4.69, 9.17) is 9.84 Å². The first-order chi connectivity index (χ1) is 9.08. The fourth-order valence-electron chi connectivity index (χ4n) is 2.06. The minimum atomic E-state index is -1.08. The SMILES string of the molecule is CC(NC(=O)c1cc(C(=O)O)ccn1)C1CCCO1. The van der Waals surface area contributed by atoms with Crippen LogP contribution < -0.4 is 5.32 Å². The molecule has 2 unspecified atom stereocenters. The first-order valence-electron chi connectivity index (χ1n) is 6.20. The van der Waals surface area contributed by atoms with E-state index >= 15 is 0 Å². The second-order valence-corrected chi connectivity index (χ2v) is 4.55. The molecule has 2 atom stereocenters. The van der Waals surface area contributed by atoms with Gasteiger partial charge in [-0.05, 0) is 31.9 Å². The molecule has 19 heavy (non-hydrogen) atoms. The Bertz CT molecular complexity index is 483. The molecule has 1 aromatic heterocycles. The van der Waals surface area contributed by atoms with Crippen LogP contribution in [0.3, 0.4) is 0 Å². The topological polar surface area (TPSA) is 88.5 Å². The summed E-state index contributed by atoms with van der Waals surface area (Å²) in [5.41, 5.74) is 0.148. The summed E-state index contributed by atoms with van der Waals surface area (Å²) in [4.78, 5) is 26.7. The largest absolute Gasteiger partial charge is 0.478 e. The predicted molar refractivity (Wildman–Crippen MR) is 67.1 cm³/mol. The zero-order valence-electron chi connectivity index (χ0n) is 10.6. The molecule has 2 heterocycles. The Morgan fingerprint density at radius 3 is 3.00 bits per heavy atom. The monoisotopic (exact) mass is 264 g/mol. The van der Waals surface area contributed by atoms with Crippen molar-refractivity contribution in [3.05, 3.63) is 29.6 Å². The molecule has 102 valence electrons. The molecule has 0 bridgehead atoms. The van der Waals surface area contributed by atoms with E-state index in [1.165, 1.54) is 18.3 Å². The molecule has 1 saturated heterocycles. The summed E-state index contributed by atoms with van der Waals surface area (Å²) in [6.45, 7) is 2.59. The van der Waals surface area contributed by atoms with Crippen molar-refractivity contribution in [1.82, 2.24) is 10.3 Å². The van der Waals surface area contributed by atoms with E-state index in [1.807, 2.05) is 6.92 Å². The van der Waals surface area contributed by atoms with Gasteiger partial charge < -0.3 is 15.2 Å². The van der Waals surface area contributed by atoms with Crippen molar-refractivity contribution in [2.24, 2.45) is 0 Å². The molecular formula is C13H16N2O4. The number of nitrogens with one attached hydrogen (secondary N) is 1. The standard InChI is InChI=1S/C13H16N2O4/c1-8(11-3-2-6-19-11)15-12(16)10-7-9(13(17)18)4-5-14-10/h4-5,7-8,11H,2-3,6H2,1H3,(H,15,16)(H,17,18). The number of carbonyl (C=O) groups is 2. The number of hydrogen-bond donors (Lipinski definition) is 2. The Balaban J connectivity index is 2.02. The zero-order valence-corrected chi connectivity index (χ0v) is 10.6. The number of carboxylic acids is 1. The lowest BCUT2D eigenvalue weighted by Gasteiger charge is -2.19. The van der Waals surface area contributed by atoms with E-state index in [1.54, 1.807) is 0 Å². The second-order valence-electron chi connectivity index (χ2n) is 4.55. The third-order valence-corrected chi connectivity index (χ3v) is 3.12. The number of amides is 1. The maximum Gasteiger partial charge on any atom is 0.335 e. The smallest absolute Gasteiger partial charge is 0.335 e. The van der Waals surface area contributed by atoms with Gasteiger partial charge in [0, 0.05) is 12.8 Å². The van der Waals surface area contributed by atoms with Gasteiger partial charge in [-0.15, -0.1) is 0 Å². The molecule has 0 radical (unpaired) electrons. The molecule has 6 heteroatoms. The lowest BCUT2D eigenvalue weighted by atomic mass is 10.1. The molecule has 0 aromatic carbocycles. The van der Waals surface area contributed by atoms with Gasteiger partial charge in [-0.3, -0.25) is 9.78 Å². The van der Waals surface area contributed by atoms with E-state index in [0.29, 0.717) is 0 Å². The average molecular weight is 264 g/mol. The van der Waals surface area contributed by atoms with E-state index in [9.17, 15) is 9.59 Å². The summed E-state index contributed by atoms with van der Waals surface area (Å²) in [5.74, 6) is -1.46. The van der Waals surface area contributed by atoms with Crippen LogP contribution in [0.15, 0.2) is 18.3 Å². The molecule has 6 nitrogen and oxygen atoms in total. The minimum absolute atomic E-state index is 0.0200. The summed E-state index contributed by atoms with van der Waals surface area (Å²) >= 11 is 0. The molecule has 2 rings (SSSR count). The van der Waals surface area contributed by atoms with E-state index in [2.05, 4.69) is 10.3 Å². The van der Waals surface area contributed by atoms with Crippen LogP contribution in [0.25, 0.3) is 0 Å². The van der Waals surface area contributed by atoms with Crippen molar-refractivity contribution >= 4 is 11.9 Å². The van der Waals surface area contributed by atoms with Crippen molar-refractivity contribution in [2.75, 3.05) is 6.61 Å². The number of hydrogen-bond acceptors (Lipinski definition) is 4. The third kappa shape index (κ3) is 3.29. The summed E-state index contributed by atoms with van der Waals surface area (Å²) in [6.07, 6.45) is 3.25. The molecule has 1 aliphatic rings. The first kappa shape index (κ1) is 13.5. The molecule has 0 spiro atoms. The van der Waals surface area contributed by atoms with Gasteiger partial charge in [-0.1, -0.05) is 0 Å². The fourth-order valence-corrected chi connectivity index (χ4v) is 2.06. The van der Waals surface area contributed by atoms with Crippen LogP contribution in [0.1, 0.15) is 40.6 Å². The Labute approximate surface area is 110 Å². The van der Waals surface area contributed by atoms with E-state index in [0.717, 1.165) is 19.4 Å². The van der Waals surface area contributed by atoms with Gasteiger partial charge in [-0.25, -0.2) is 4.79 Å². The van der Waals surface area contributed by atoms with Gasteiger partial charge in [0.1, 0.15) is 5.69 Å². The second kappa shape index (κ2) is 5.79. The Kier molecular flexibility index (Phi) is 4.11. The quantitative estimate of drug-likeness (QED) is 0.849. The summed E-state index contributed by atoms with van der Waals surface area (Å²) in [5, 5.41) is 11.7. The minimum Gasteiger partial charge on any atom is -0.478 e. The van der Waals surface area contributed by atoms with Gasteiger partial charge in [0.25, 0.3) is 5.91 Å². The highest BCUT2D eigenvalue weighted by Crippen LogP contribution is 2.15. The maximum absolute atomic E-state index is 12.0. The van der Waals surface area contributed by atoms with Gasteiger partial charge in [0.15, 0.2) is 0 Å². The number of ether oxygens (including phenoxy) is 1. The molecule has 0 saturated carbocycles. The summed E-state index contributed by atoms with van der Waals surface area (Å²) < 4.78 is 5.48. The van der Waals surface area contributed by atoms with Gasteiger partial charge in [-0.2, -0.15) is 0 Å². The lowest BCUT2D eigenvalue weighted by Crippen LogP contribution is -2.41. The number of rotatable bonds is 4. The van der Waals surface area contributed by atoms with Crippen LogP contribution in [-0.2, 0) is 4.74 Å². The molecular weight excluding hydrogens is 248 g/mol. The van der Waals surface area contributed by atoms with E-state index in [-0.39, 0.29) is 29.3 Å². The Morgan fingerprint density at radius 1 is 1.58 bits per heavy atom. The average Bonchev–Trinajstić information content (AvgIpc) is 2.92. The third-order valence-electron chi connectivity index (χ3n) is 3.12. The van der Waals surface area contributed by atoms with Crippen LogP contribution >= 0.6 is 0 Å². The van der Waals surface area contributed by atoms with Crippen LogP contribution in [-0.4, -0.2) is 40.7 Å². The lowest BCUT2D eigenvalue weighted by molar-refractivity contribution is 0.0696. The summed E-state index contributed by atoms with van der Waals surface area (Å²) in [7, 11) is 0. The molecule has 1 aliphatic heterocycles. The van der Waals surface area contributed by atoms with Crippen molar-refractivity contribution in [1.29, 1.82) is 0 Å². The molecule has 1 aromatic rings. The Hall–Kier alpha value is -1.95. The van der Waals surface area contributed by atoms with Crippen molar-refractivity contribution < 1.29 is 19.4 Å². The van der Waals surface area contributed by atoms with Gasteiger partial charge >= 0.3 is 5.97 Å². The zero-order chi connectivity index (χ0) is 13.8. The maximum atomic E-state index is 12.0. The van der Waals surface area contributed by atoms with Crippen molar-refractivity contribution in [3.63, 3.8) is 0 Å². The van der Waals surface area contributed by atoms with Crippen molar-refractivity contribution in [2.45, 2.75) is 31.9 Å². The van der Waals surface area contributed by atoms with Gasteiger partial charge in [0.05, 0.1) is 17.7 Å². The van der Waals surface area contributed by atoms with Gasteiger partial charge in [0.2, 0.25) is 0 Å².